The molecule has 0 amide bonds. The van der Waals surface area contributed by atoms with Crippen molar-refractivity contribution in [1.82, 2.24) is 15.0 Å². The second-order valence-corrected chi connectivity index (χ2v) is 7.69. The number of nitrogens with one attached hydrogen (secondary N) is 3. The van der Waals surface area contributed by atoms with E-state index in [1.54, 1.807) is 0 Å². The third-order valence-corrected chi connectivity index (χ3v) is 4.80. The van der Waals surface area contributed by atoms with E-state index in [1.807, 2.05) is 60.7 Å². The fourth-order valence-corrected chi connectivity index (χ4v) is 3.30. The molecule has 0 aliphatic rings. The summed E-state index contributed by atoms with van der Waals surface area (Å²) in [6, 6.07) is 21.4. The Labute approximate surface area is 201 Å². The molecular formula is C22H17BrN8O3. The Morgan fingerprint density at radius 1 is 0.882 bits per heavy atom. The van der Waals surface area contributed by atoms with Crippen molar-refractivity contribution in [3.63, 3.8) is 0 Å². The third-order valence-electron chi connectivity index (χ3n) is 4.34. The molecule has 1 heterocycles. The van der Waals surface area contributed by atoms with E-state index in [9.17, 15) is 15.2 Å². The van der Waals surface area contributed by atoms with Gasteiger partial charge in [-0.15, -0.1) is 0 Å². The zero-order valence-electron chi connectivity index (χ0n) is 17.4. The number of para-hydroxylation sites is 2. The summed E-state index contributed by atoms with van der Waals surface area (Å²) in [7, 11) is 0. The van der Waals surface area contributed by atoms with Gasteiger partial charge in [0.15, 0.2) is 0 Å². The lowest BCUT2D eigenvalue weighted by Crippen LogP contribution is -2.07. The van der Waals surface area contributed by atoms with E-state index >= 15 is 0 Å². The quantitative estimate of drug-likeness (QED) is 0.140. The van der Waals surface area contributed by atoms with E-state index in [-0.39, 0.29) is 23.4 Å². The molecule has 0 atom stereocenters. The minimum atomic E-state index is -0.681. The predicted octanol–water partition coefficient (Wildman–Crippen LogP) is 5.18. The molecule has 12 heteroatoms. The summed E-state index contributed by atoms with van der Waals surface area (Å²) >= 11 is 3.19. The normalized spacial score (nSPS) is 10.7. The predicted molar refractivity (Wildman–Crippen MR) is 133 cm³/mol. The smallest absolute Gasteiger partial charge is 0.312 e. The van der Waals surface area contributed by atoms with E-state index in [1.165, 1.54) is 18.3 Å². The van der Waals surface area contributed by atoms with Gasteiger partial charge >= 0.3 is 5.69 Å². The highest BCUT2D eigenvalue weighted by molar-refractivity contribution is 9.10. The standard InChI is InChI=1S/C22H17BrN8O3/c23-15-11-14(19(32)18(12-15)31(33)34)13-24-30-22-28-20(25-16-7-3-1-4-8-16)27-21(29-22)26-17-9-5-2-6-10-17/h1-13,32H,(H3,25,26,27,28,29,30)/b24-13+. The first-order chi connectivity index (χ1) is 16.5. The number of aromatic hydroxyl groups is 1. The molecule has 0 bridgehead atoms. The maximum atomic E-state index is 11.1. The van der Waals surface area contributed by atoms with E-state index in [0.717, 1.165) is 11.4 Å². The Morgan fingerprint density at radius 2 is 1.41 bits per heavy atom. The van der Waals surface area contributed by atoms with Crippen LogP contribution in [0.1, 0.15) is 5.56 Å². The summed E-state index contributed by atoms with van der Waals surface area (Å²) in [6.07, 6.45) is 1.23. The van der Waals surface area contributed by atoms with Crippen LogP contribution in [0.2, 0.25) is 0 Å². The monoisotopic (exact) mass is 520 g/mol. The number of hydrazone groups is 1. The number of phenolic OH excluding ortho intramolecular Hbond substituents is 1. The average Bonchev–Trinajstić information content (AvgIpc) is 2.82. The number of hydrogen-bond donors (Lipinski definition) is 4. The van der Waals surface area contributed by atoms with Crippen LogP contribution < -0.4 is 16.1 Å². The maximum absolute atomic E-state index is 11.1. The van der Waals surface area contributed by atoms with Crippen molar-refractivity contribution in [2.45, 2.75) is 0 Å². The zero-order valence-corrected chi connectivity index (χ0v) is 19.0. The van der Waals surface area contributed by atoms with Gasteiger partial charge in [0.25, 0.3) is 0 Å². The Hall–Kier alpha value is -4.58. The highest BCUT2D eigenvalue weighted by Gasteiger charge is 2.17. The van der Waals surface area contributed by atoms with Gasteiger partial charge in [0.1, 0.15) is 0 Å². The summed E-state index contributed by atoms with van der Waals surface area (Å²) in [4.78, 5) is 23.4. The van der Waals surface area contributed by atoms with Crippen LogP contribution in [0.15, 0.2) is 82.4 Å². The Kier molecular flexibility index (Phi) is 6.89. The molecule has 3 aromatic carbocycles. The molecule has 170 valence electrons. The first kappa shape index (κ1) is 22.6. The Morgan fingerprint density at radius 3 is 1.94 bits per heavy atom. The molecule has 4 rings (SSSR count). The molecule has 0 aliphatic heterocycles. The van der Waals surface area contributed by atoms with Gasteiger partial charge in [0.05, 0.1) is 11.1 Å². The number of phenols is 1. The molecule has 4 N–H and O–H groups in total. The zero-order chi connectivity index (χ0) is 23.9. The molecule has 0 saturated heterocycles. The van der Waals surface area contributed by atoms with Gasteiger partial charge in [-0.1, -0.05) is 52.3 Å². The molecule has 0 saturated carbocycles. The SMILES string of the molecule is O=[N+]([O-])c1cc(Br)cc(/C=N/Nc2nc(Nc3ccccc3)nc(Nc3ccccc3)n2)c1O. The van der Waals surface area contributed by atoms with Crippen molar-refractivity contribution in [2.75, 3.05) is 16.1 Å². The molecular weight excluding hydrogens is 504 g/mol. The van der Waals surface area contributed by atoms with Crippen molar-refractivity contribution in [3.8, 4) is 5.75 Å². The van der Waals surface area contributed by atoms with Crippen LogP contribution in [0.25, 0.3) is 0 Å². The van der Waals surface area contributed by atoms with Gasteiger partial charge in [-0.05, 0) is 30.3 Å². The van der Waals surface area contributed by atoms with Crippen molar-refractivity contribution in [2.24, 2.45) is 5.10 Å². The van der Waals surface area contributed by atoms with Crippen molar-refractivity contribution >= 4 is 57.1 Å². The molecule has 0 aliphatic carbocycles. The topological polar surface area (TPSA) is 150 Å². The molecule has 0 unspecified atom stereocenters. The molecule has 0 radical (unpaired) electrons. The van der Waals surface area contributed by atoms with Gasteiger partial charge in [-0.25, -0.2) is 5.43 Å². The Balaban J connectivity index is 1.61. The van der Waals surface area contributed by atoms with E-state index < -0.39 is 16.4 Å². The first-order valence-corrected chi connectivity index (χ1v) is 10.6. The number of nitro groups is 1. The number of aromatic nitrogens is 3. The van der Waals surface area contributed by atoms with Crippen LogP contribution in [0.3, 0.4) is 0 Å². The van der Waals surface area contributed by atoms with E-state index in [2.05, 4.69) is 52.0 Å². The first-order valence-electron chi connectivity index (χ1n) is 9.84. The highest BCUT2D eigenvalue weighted by Crippen LogP contribution is 2.32. The van der Waals surface area contributed by atoms with Crippen LogP contribution in [0, 0.1) is 10.1 Å². The second kappa shape index (κ2) is 10.4. The molecule has 0 spiro atoms. The number of halogens is 1. The molecule has 4 aromatic rings. The summed E-state index contributed by atoms with van der Waals surface area (Å²) in [6.45, 7) is 0. The van der Waals surface area contributed by atoms with Crippen LogP contribution in [0.4, 0.5) is 34.9 Å². The van der Waals surface area contributed by atoms with Gasteiger partial charge in [0.2, 0.25) is 23.6 Å². The van der Waals surface area contributed by atoms with Crippen LogP contribution in [0.5, 0.6) is 5.75 Å². The van der Waals surface area contributed by atoms with Crippen LogP contribution in [-0.4, -0.2) is 31.2 Å². The lowest BCUT2D eigenvalue weighted by Gasteiger charge is -2.10. The van der Waals surface area contributed by atoms with Crippen molar-refractivity contribution in [1.29, 1.82) is 0 Å². The summed E-state index contributed by atoms with van der Waals surface area (Å²) in [5.74, 6) is 0.121. The number of nitro benzene ring substituents is 1. The van der Waals surface area contributed by atoms with Gasteiger partial charge < -0.3 is 15.7 Å². The number of rotatable bonds is 8. The minimum absolute atomic E-state index is 0.104. The number of benzene rings is 3. The summed E-state index contributed by atoms with van der Waals surface area (Å²) in [5.41, 5.74) is 3.92. The Bertz CT molecular complexity index is 1280. The lowest BCUT2D eigenvalue weighted by molar-refractivity contribution is -0.385. The largest absolute Gasteiger partial charge is 0.502 e. The van der Waals surface area contributed by atoms with Gasteiger partial charge in [-0.2, -0.15) is 20.1 Å². The second-order valence-electron chi connectivity index (χ2n) is 6.78. The molecule has 0 fully saturated rings. The molecule has 1 aromatic heterocycles. The highest BCUT2D eigenvalue weighted by atomic mass is 79.9. The molecule has 11 nitrogen and oxygen atoms in total. The number of anilines is 5. The van der Waals surface area contributed by atoms with E-state index in [4.69, 9.17) is 0 Å². The third kappa shape index (κ3) is 5.81. The van der Waals surface area contributed by atoms with Gasteiger partial charge in [0, 0.05) is 27.5 Å². The number of nitrogens with zero attached hydrogens (tertiary/aromatic N) is 5. The van der Waals surface area contributed by atoms with E-state index in [0.29, 0.717) is 4.47 Å². The fourth-order valence-electron chi connectivity index (χ4n) is 2.84. The number of hydrogen-bond acceptors (Lipinski definition) is 10. The van der Waals surface area contributed by atoms with Gasteiger partial charge in [-0.3, -0.25) is 10.1 Å². The molecule has 34 heavy (non-hydrogen) atoms. The maximum Gasteiger partial charge on any atom is 0.312 e. The summed E-state index contributed by atoms with van der Waals surface area (Å²) < 4.78 is 0.419. The summed E-state index contributed by atoms with van der Waals surface area (Å²) in [5, 5.41) is 31.5. The fraction of sp³-hybridized carbons (Fsp3) is 0. The van der Waals surface area contributed by atoms with Crippen molar-refractivity contribution in [3.05, 3.63) is 92.9 Å². The van der Waals surface area contributed by atoms with Crippen LogP contribution >= 0.6 is 15.9 Å². The lowest BCUT2D eigenvalue weighted by atomic mass is 10.2. The average molecular weight is 521 g/mol. The van der Waals surface area contributed by atoms with Crippen molar-refractivity contribution < 1.29 is 10.0 Å². The van der Waals surface area contributed by atoms with Crippen LogP contribution in [-0.2, 0) is 0 Å². The minimum Gasteiger partial charge on any atom is -0.502 e.